The average molecular weight is 235 g/mol. The van der Waals surface area contributed by atoms with Crippen LogP contribution in [0, 0.1) is 10.1 Å². The summed E-state index contributed by atoms with van der Waals surface area (Å²) in [5.74, 6) is 0. The van der Waals surface area contributed by atoms with E-state index in [0.29, 0.717) is 0 Å². The Hall–Kier alpha value is -1.30. The maximum Gasteiger partial charge on any atom is 0.365 e. The number of halogens is 1. The minimum atomic E-state index is -4.27. The van der Waals surface area contributed by atoms with Crippen LogP contribution in [0.4, 0.5) is 10.2 Å². The average Bonchev–Trinajstić information content (AvgIpc) is 2.18. The number of rotatable bonds is 4. The van der Waals surface area contributed by atoms with Gasteiger partial charge < -0.3 is 4.89 Å². The first-order valence-electron chi connectivity index (χ1n) is 3.80. The summed E-state index contributed by atoms with van der Waals surface area (Å²) >= 11 is 0. The molecule has 0 amide bonds. The molecule has 0 saturated carbocycles. The molecule has 1 N–H and O–H groups in total. The second kappa shape index (κ2) is 4.48. The Morgan fingerprint density at radius 1 is 1.47 bits per heavy atom. The van der Waals surface area contributed by atoms with E-state index in [1.807, 2.05) is 0 Å². The SMILES string of the molecule is O=[N+]([O-])c1ccc(CP(=O)(O)OF)cc1. The summed E-state index contributed by atoms with van der Waals surface area (Å²) in [7, 11) is -4.27. The highest BCUT2D eigenvalue weighted by Gasteiger charge is 2.21. The molecule has 0 spiro atoms. The Morgan fingerprint density at radius 3 is 2.40 bits per heavy atom. The minimum absolute atomic E-state index is 0.146. The smallest absolute Gasteiger partial charge is 0.322 e. The molecular formula is C7H7FNO5P. The number of nitrogens with zero attached hydrogens (tertiary/aromatic N) is 1. The summed E-state index contributed by atoms with van der Waals surface area (Å²) in [6.45, 7) is 0. The summed E-state index contributed by atoms with van der Waals surface area (Å²) in [6.07, 6.45) is -0.526. The maximum absolute atomic E-state index is 11.5. The van der Waals surface area contributed by atoms with Gasteiger partial charge in [0.25, 0.3) is 5.69 Å². The first kappa shape index (κ1) is 11.8. The number of benzene rings is 1. The van der Waals surface area contributed by atoms with E-state index in [0.717, 1.165) is 12.1 Å². The van der Waals surface area contributed by atoms with E-state index in [2.05, 4.69) is 4.73 Å². The van der Waals surface area contributed by atoms with Crippen LogP contribution in [0.15, 0.2) is 24.3 Å². The van der Waals surface area contributed by atoms with Gasteiger partial charge in [0, 0.05) is 12.1 Å². The Labute approximate surface area is 83.9 Å². The summed E-state index contributed by atoms with van der Waals surface area (Å²) < 4.78 is 25.2. The molecule has 1 aromatic carbocycles. The highest BCUT2D eigenvalue weighted by Crippen LogP contribution is 2.45. The third kappa shape index (κ3) is 3.39. The van der Waals surface area contributed by atoms with Gasteiger partial charge in [0.15, 0.2) is 0 Å². The standard InChI is InChI=1S/C7H7FNO5P/c8-14-15(12,13)5-6-1-3-7(4-2-6)9(10)11/h1-4H,5H2,(H,12,13). The van der Waals surface area contributed by atoms with Crippen molar-refractivity contribution < 1.29 is 23.6 Å². The maximum atomic E-state index is 11.5. The molecule has 15 heavy (non-hydrogen) atoms. The van der Waals surface area contributed by atoms with Crippen LogP contribution in [0.5, 0.6) is 0 Å². The second-order valence-electron chi connectivity index (χ2n) is 2.79. The van der Waals surface area contributed by atoms with Gasteiger partial charge in [-0.05, 0) is 10.1 Å². The van der Waals surface area contributed by atoms with Crippen molar-refractivity contribution >= 4 is 13.3 Å². The van der Waals surface area contributed by atoms with Gasteiger partial charge in [-0.15, -0.1) is 4.73 Å². The Morgan fingerprint density at radius 2 is 2.00 bits per heavy atom. The van der Waals surface area contributed by atoms with Crippen LogP contribution in [0.1, 0.15) is 5.56 Å². The Balaban J connectivity index is 2.82. The lowest BCUT2D eigenvalue weighted by atomic mass is 10.2. The molecule has 0 aliphatic heterocycles. The van der Waals surface area contributed by atoms with Gasteiger partial charge in [-0.2, -0.15) is 0 Å². The molecule has 1 aromatic rings. The molecule has 0 fully saturated rings. The molecule has 1 rings (SSSR count). The topological polar surface area (TPSA) is 89.7 Å². The summed E-state index contributed by atoms with van der Waals surface area (Å²) in [5, 5.41) is 10.3. The van der Waals surface area contributed by atoms with E-state index in [1.54, 1.807) is 0 Å². The summed E-state index contributed by atoms with van der Waals surface area (Å²) in [4.78, 5) is 18.4. The Bertz CT molecular complexity index is 406. The zero-order valence-electron chi connectivity index (χ0n) is 7.37. The van der Waals surface area contributed by atoms with Crippen molar-refractivity contribution in [1.82, 2.24) is 0 Å². The molecule has 0 aromatic heterocycles. The predicted octanol–water partition coefficient (Wildman–Crippen LogP) is 2.18. The van der Waals surface area contributed by atoms with Crippen LogP contribution in [0.3, 0.4) is 0 Å². The zero-order valence-corrected chi connectivity index (χ0v) is 8.26. The summed E-state index contributed by atoms with van der Waals surface area (Å²) in [6, 6.07) is 4.85. The van der Waals surface area contributed by atoms with Crippen molar-refractivity contribution in [2.45, 2.75) is 6.16 Å². The lowest BCUT2D eigenvalue weighted by molar-refractivity contribution is -0.384. The van der Waals surface area contributed by atoms with E-state index in [4.69, 9.17) is 4.89 Å². The molecule has 0 heterocycles. The summed E-state index contributed by atoms with van der Waals surface area (Å²) in [5.41, 5.74) is 0.136. The fourth-order valence-corrected chi connectivity index (χ4v) is 1.70. The third-order valence-corrected chi connectivity index (χ3v) is 2.62. The van der Waals surface area contributed by atoms with Gasteiger partial charge in [0.2, 0.25) is 0 Å². The van der Waals surface area contributed by atoms with Gasteiger partial charge in [-0.3, -0.25) is 14.7 Å². The molecule has 0 aliphatic carbocycles. The van der Waals surface area contributed by atoms with Crippen LogP contribution in [0.2, 0.25) is 0 Å². The first-order valence-corrected chi connectivity index (χ1v) is 5.56. The monoisotopic (exact) mass is 235 g/mol. The molecular weight excluding hydrogens is 228 g/mol. The number of hydrogen-bond acceptors (Lipinski definition) is 4. The lowest BCUT2D eigenvalue weighted by Gasteiger charge is -2.04. The number of nitro groups is 1. The van der Waals surface area contributed by atoms with E-state index in [9.17, 15) is 19.2 Å². The van der Waals surface area contributed by atoms with Crippen molar-refractivity contribution in [3.63, 3.8) is 0 Å². The molecule has 8 heteroatoms. The van der Waals surface area contributed by atoms with Crippen molar-refractivity contribution in [3.05, 3.63) is 39.9 Å². The molecule has 6 nitrogen and oxygen atoms in total. The minimum Gasteiger partial charge on any atom is -0.322 e. The van der Waals surface area contributed by atoms with Crippen LogP contribution in [-0.2, 0) is 15.5 Å². The van der Waals surface area contributed by atoms with E-state index in [-0.39, 0.29) is 11.3 Å². The van der Waals surface area contributed by atoms with Gasteiger partial charge in [-0.25, -0.2) is 0 Å². The fraction of sp³-hybridized carbons (Fsp3) is 0.143. The van der Waals surface area contributed by atoms with E-state index >= 15 is 0 Å². The molecule has 0 radical (unpaired) electrons. The molecule has 0 bridgehead atoms. The van der Waals surface area contributed by atoms with E-state index in [1.165, 1.54) is 12.1 Å². The van der Waals surface area contributed by atoms with E-state index < -0.39 is 18.7 Å². The fourth-order valence-electron chi connectivity index (χ4n) is 0.978. The van der Waals surface area contributed by atoms with Crippen molar-refractivity contribution in [3.8, 4) is 0 Å². The normalized spacial score (nSPS) is 14.5. The third-order valence-electron chi connectivity index (χ3n) is 1.64. The van der Waals surface area contributed by atoms with Gasteiger partial charge >= 0.3 is 7.60 Å². The number of hydrogen-bond donors (Lipinski definition) is 1. The largest absolute Gasteiger partial charge is 0.365 e. The predicted molar refractivity (Wildman–Crippen MR) is 48.8 cm³/mol. The Kier molecular flexibility index (Phi) is 3.52. The highest BCUT2D eigenvalue weighted by molar-refractivity contribution is 7.51. The van der Waals surface area contributed by atoms with Crippen LogP contribution in [-0.4, -0.2) is 9.82 Å². The molecule has 1 atom stereocenters. The van der Waals surface area contributed by atoms with Gasteiger partial charge in [0.05, 0.1) is 11.1 Å². The van der Waals surface area contributed by atoms with Gasteiger partial charge in [0.1, 0.15) is 0 Å². The molecule has 0 saturated heterocycles. The lowest BCUT2D eigenvalue weighted by Crippen LogP contribution is -1.90. The number of non-ortho nitro benzene ring substituents is 1. The van der Waals surface area contributed by atoms with Crippen LogP contribution in [0.25, 0.3) is 0 Å². The van der Waals surface area contributed by atoms with Crippen molar-refractivity contribution in [2.75, 3.05) is 0 Å². The van der Waals surface area contributed by atoms with Crippen molar-refractivity contribution in [1.29, 1.82) is 0 Å². The second-order valence-corrected chi connectivity index (χ2v) is 4.52. The first-order chi connectivity index (χ1) is 6.94. The van der Waals surface area contributed by atoms with Gasteiger partial charge in [-0.1, -0.05) is 12.1 Å². The number of nitro benzene ring substituents is 1. The highest BCUT2D eigenvalue weighted by atomic mass is 31.2. The van der Waals surface area contributed by atoms with Crippen LogP contribution < -0.4 is 0 Å². The molecule has 1 unspecified atom stereocenters. The molecule has 82 valence electrons. The van der Waals surface area contributed by atoms with Crippen LogP contribution >= 0.6 is 7.60 Å². The molecule has 0 aliphatic rings. The quantitative estimate of drug-likeness (QED) is 0.490. The van der Waals surface area contributed by atoms with Crippen molar-refractivity contribution in [2.24, 2.45) is 0 Å². The zero-order chi connectivity index (χ0) is 11.5.